The SMILES string of the molecule is C=NCCNCc1ccc(C(O)=[NH+]CCCCCCNC(=O)c2ccc(C3NCC[NH2+]3)cc2)cc1. The van der Waals surface area contributed by atoms with Gasteiger partial charge in [-0.1, -0.05) is 30.7 Å². The highest BCUT2D eigenvalue weighted by Gasteiger charge is 2.19. The van der Waals surface area contributed by atoms with E-state index in [1.165, 1.54) is 5.56 Å². The number of amides is 1. The fourth-order valence-corrected chi connectivity index (χ4v) is 4.06. The van der Waals surface area contributed by atoms with E-state index in [0.717, 1.165) is 69.5 Å². The Morgan fingerprint density at radius 1 is 1.06 bits per heavy atom. The molecule has 1 atom stereocenters. The van der Waals surface area contributed by atoms with E-state index in [1.54, 1.807) is 0 Å². The topological polar surface area (TPSA) is 116 Å². The van der Waals surface area contributed by atoms with Crippen molar-refractivity contribution in [1.82, 2.24) is 16.0 Å². The second kappa shape index (κ2) is 15.0. The van der Waals surface area contributed by atoms with E-state index in [9.17, 15) is 9.90 Å². The molecule has 7 N–H and O–H groups in total. The van der Waals surface area contributed by atoms with Crippen molar-refractivity contribution in [3.8, 4) is 0 Å². The molecule has 8 nitrogen and oxygen atoms in total. The molecular formula is C27H40N6O2+2. The number of unbranched alkanes of at least 4 members (excludes halogenated alkanes) is 3. The Kier molecular flexibility index (Phi) is 11.4. The molecule has 0 bridgehead atoms. The van der Waals surface area contributed by atoms with Crippen LogP contribution in [0.25, 0.3) is 0 Å². The second-order valence-corrected chi connectivity index (χ2v) is 8.84. The molecule has 8 heteroatoms. The van der Waals surface area contributed by atoms with Gasteiger partial charge in [0.05, 0.1) is 25.2 Å². The predicted molar refractivity (Wildman–Crippen MR) is 140 cm³/mol. The Morgan fingerprint density at radius 2 is 1.80 bits per heavy atom. The maximum Gasteiger partial charge on any atom is 0.365 e. The smallest absolute Gasteiger partial charge is 0.365 e. The average Bonchev–Trinajstić information content (AvgIpc) is 3.43. The number of carbonyl (C=O) groups is 1. The van der Waals surface area contributed by atoms with Crippen molar-refractivity contribution in [2.24, 2.45) is 4.99 Å². The summed E-state index contributed by atoms with van der Waals surface area (Å²) in [6.45, 7) is 9.25. The Morgan fingerprint density at radius 3 is 2.51 bits per heavy atom. The van der Waals surface area contributed by atoms with Gasteiger partial charge in [-0.2, -0.15) is 0 Å². The molecular weight excluding hydrogens is 440 g/mol. The lowest BCUT2D eigenvalue weighted by Gasteiger charge is -2.09. The monoisotopic (exact) mass is 480 g/mol. The number of quaternary nitrogens is 1. The molecule has 0 radical (unpaired) electrons. The predicted octanol–water partition coefficient (Wildman–Crippen LogP) is 0.0176. The van der Waals surface area contributed by atoms with Gasteiger partial charge in [0.15, 0.2) is 6.17 Å². The zero-order valence-electron chi connectivity index (χ0n) is 20.6. The Balaban J connectivity index is 1.25. The maximum atomic E-state index is 12.3. The van der Waals surface area contributed by atoms with Crippen LogP contribution in [-0.4, -0.2) is 62.9 Å². The lowest BCUT2D eigenvalue weighted by molar-refractivity contribution is -0.678. The minimum Gasteiger partial charge on any atom is -0.460 e. The number of nitrogens with zero attached hydrogens (tertiary/aromatic N) is 1. The highest BCUT2D eigenvalue weighted by Crippen LogP contribution is 2.10. The lowest BCUT2D eigenvalue weighted by atomic mass is 10.1. The van der Waals surface area contributed by atoms with Crippen molar-refractivity contribution in [3.63, 3.8) is 0 Å². The minimum absolute atomic E-state index is 0.0170. The van der Waals surface area contributed by atoms with Crippen LogP contribution in [0.1, 0.15) is 58.9 Å². The number of rotatable bonds is 15. The van der Waals surface area contributed by atoms with Crippen molar-refractivity contribution in [3.05, 3.63) is 70.8 Å². The van der Waals surface area contributed by atoms with Gasteiger partial charge in [0.25, 0.3) is 5.91 Å². The molecule has 0 spiro atoms. The van der Waals surface area contributed by atoms with Crippen LogP contribution in [-0.2, 0) is 6.54 Å². The number of aliphatic hydroxyl groups is 1. The summed E-state index contributed by atoms with van der Waals surface area (Å²) in [6, 6.07) is 15.7. The molecule has 35 heavy (non-hydrogen) atoms. The molecule has 0 aromatic heterocycles. The van der Waals surface area contributed by atoms with Crippen LogP contribution in [0.3, 0.4) is 0 Å². The summed E-state index contributed by atoms with van der Waals surface area (Å²) in [5, 5.41) is 22.3. The number of hydrogen-bond donors (Lipinski definition) is 6. The molecule has 3 rings (SSSR count). The zero-order valence-corrected chi connectivity index (χ0v) is 20.6. The van der Waals surface area contributed by atoms with Crippen LogP contribution in [0.2, 0.25) is 0 Å². The van der Waals surface area contributed by atoms with E-state index >= 15 is 0 Å². The third-order valence-electron chi connectivity index (χ3n) is 6.13. The van der Waals surface area contributed by atoms with E-state index in [2.05, 4.69) is 38.0 Å². The normalized spacial score (nSPS) is 15.8. The second-order valence-electron chi connectivity index (χ2n) is 8.84. The van der Waals surface area contributed by atoms with E-state index in [0.29, 0.717) is 24.8 Å². The molecule has 1 aliphatic rings. The Hall–Kier alpha value is -3.07. The average molecular weight is 481 g/mol. The first-order chi connectivity index (χ1) is 17.2. The third kappa shape index (κ3) is 9.24. The van der Waals surface area contributed by atoms with Crippen LogP contribution in [0.4, 0.5) is 0 Å². The molecule has 0 saturated carbocycles. The highest BCUT2D eigenvalue weighted by atomic mass is 16.3. The minimum atomic E-state index is -0.0170. The molecule has 1 aliphatic heterocycles. The summed E-state index contributed by atoms with van der Waals surface area (Å²) in [7, 11) is 0. The summed E-state index contributed by atoms with van der Waals surface area (Å²) in [6.07, 6.45) is 4.29. The molecule has 1 amide bonds. The molecule has 2 aromatic carbocycles. The van der Waals surface area contributed by atoms with Gasteiger partial charge >= 0.3 is 5.90 Å². The fraction of sp³-hybridized carbons (Fsp3) is 0.444. The molecule has 0 aliphatic carbocycles. The van der Waals surface area contributed by atoms with Gasteiger partial charge < -0.3 is 21.1 Å². The number of benzene rings is 2. The number of aliphatic hydroxyl groups excluding tert-OH is 1. The summed E-state index contributed by atoms with van der Waals surface area (Å²) in [5.74, 6) is 0.192. The van der Waals surface area contributed by atoms with Gasteiger partial charge in [-0.05, 0) is 49.4 Å². The fourth-order valence-electron chi connectivity index (χ4n) is 4.06. The summed E-state index contributed by atoms with van der Waals surface area (Å²) < 4.78 is 0. The molecule has 1 fully saturated rings. The van der Waals surface area contributed by atoms with Crippen LogP contribution in [0, 0.1) is 0 Å². The molecule has 1 saturated heterocycles. The van der Waals surface area contributed by atoms with E-state index in [4.69, 9.17) is 0 Å². The first-order valence-electron chi connectivity index (χ1n) is 12.6. The van der Waals surface area contributed by atoms with Crippen LogP contribution in [0.15, 0.2) is 53.5 Å². The Bertz CT molecular complexity index is 937. The number of aliphatic imine (C=N–C) groups is 1. The van der Waals surface area contributed by atoms with Crippen LogP contribution >= 0.6 is 0 Å². The van der Waals surface area contributed by atoms with Crippen molar-refractivity contribution >= 4 is 18.5 Å². The largest absolute Gasteiger partial charge is 0.460 e. The summed E-state index contributed by atoms with van der Waals surface area (Å²) in [4.78, 5) is 19.2. The van der Waals surface area contributed by atoms with E-state index in [-0.39, 0.29) is 11.8 Å². The summed E-state index contributed by atoms with van der Waals surface area (Å²) in [5.41, 5.74) is 3.86. The summed E-state index contributed by atoms with van der Waals surface area (Å²) >= 11 is 0. The number of carbonyl (C=O) groups excluding carboxylic acids is 1. The van der Waals surface area contributed by atoms with E-state index < -0.39 is 0 Å². The number of nitrogens with one attached hydrogen (secondary N) is 4. The van der Waals surface area contributed by atoms with Gasteiger partial charge in [-0.15, -0.1) is 0 Å². The van der Waals surface area contributed by atoms with Crippen LogP contribution in [0.5, 0.6) is 0 Å². The molecule has 188 valence electrons. The quantitative estimate of drug-likeness (QED) is 0.122. The molecule has 2 aromatic rings. The highest BCUT2D eigenvalue weighted by molar-refractivity contribution is 5.94. The van der Waals surface area contributed by atoms with Gasteiger partial charge in [0.2, 0.25) is 0 Å². The molecule has 1 heterocycles. The zero-order chi connectivity index (χ0) is 24.7. The standard InChI is InChI=1S/C27H38N6O2/c1-28-16-17-29-20-21-6-8-23(9-7-21)26(34)32-14-4-2-3-5-15-33-27(35)24-12-10-22(11-13-24)25-30-18-19-31-25/h6-13,25,29-31H,1-5,14-20H2,(H,32,34)(H,33,35)/p+2. The Labute approximate surface area is 208 Å². The number of hydrogen-bond acceptors (Lipinski definition) is 4. The van der Waals surface area contributed by atoms with Crippen molar-refractivity contribution in [2.75, 3.05) is 39.3 Å². The van der Waals surface area contributed by atoms with Crippen LogP contribution < -0.4 is 26.3 Å². The van der Waals surface area contributed by atoms with Crippen molar-refractivity contribution < 1.29 is 20.2 Å². The first kappa shape index (κ1) is 26.5. The lowest BCUT2D eigenvalue weighted by Crippen LogP contribution is -2.83. The van der Waals surface area contributed by atoms with E-state index in [1.807, 2.05) is 48.5 Å². The van der Waals surface area contributed by atoms with Gasteiger partial charge in [-0.25, -0.2) is 4.99 Å². The van der Waals surface area contributed by atoms with Gasteiger partial charge in [0.1, 0.15) is 6.54 Å². The third-order valence-corrected chi connectivity index (χ3v) is 6.13. The van der Waals surface area contributed by atoms with Crippen molar-refractivity contribution in [1.29, 1.82) is 0 Å². The number of nitrogens with two attached hydrogens (primary N) is 1. The van der Waals surface area contributed by atoms with Gasteiger partial charge in [-0.3, -0.25) is 15.1 Å². The van der Waals surface area contributed by atoms with Gasteiger partial charge in [0, 0.05) is 37.2 Å². The maximum absolute atomic E-state index is 12.3. The first-order valence-corrected chi connectivity index (χ1v) is 12.6. The van der Waals surface area contributed by atoms with Crippen molar-refractivity contribution in [2.45, 2.75) is 38.4 Å². The molecule has 1 unspecified atom stereocenters.